The zero-order valence-electron chi connectivity index (χ0n) is 12.0. The fourth-order valence-corrected chi connectivity index (χ4v) is 3.32. The standard InChI is InChI=1S/C16H20BrNOS/c1-11(2)18(10-14-5-4-8-20-14)16-7-6-13(17)9-15(16)12(3)19/h4-9,11-12,19H,10H2,1-3H3. The number of aliphatic hydroxyl groups is 1. The van der Waals surface area contributed by atoms with Gasteiger partial charge in [-0.2, -0.15) is 0 Å². The van der Waals surface area contributed by atoms with E-state index >= 15 is 0 Å². The van der Waals surface area contributed by atoms with Gasteiger partial charge in [0, 0.05) is 26.6 Å². The van der Waals surface area contributed by atoms with Crippen molar-refractivity contribution in [2.45, 2.75) is 39.5 Å². The zero-order valence-corrected chi connectivity index (χ0v) is 14.4. The molecule has 1 atom stereocenters. The summed E-state index contributed by atoms with van der Waals surface area (Å²) >= 11 is 5.25. The van der Waals surface area contributed by atoms with Gasteiger partial charge in [-0.3, -0.25) is 0 Å². The Morgan fingerprint density at radius 3 is 2.55 bits per heavy atom. The van der Waals surface area contributed by atoms with E-state index in [1.165, 1.54) is 4.88 Å². The number of aliphatic hydroxyl groups excluding tert-OH is 1. The molecule has 2 nitrogen and oxygen atoms in total. The van der Waals surface area contributed by atoms with Crippen LogP contribution in [0.5, 0.6) is 0 Å². The van der Waals surface area contributed by atoms with E-state index in [2.05, 4.69) is 58.3 Å². The third kappa shape index (κ3) is 3.62. The largest absolute Gasteiger partial charge is 0.389 e. The molecule has 1 unspecified atom stereocenters. The van der Waals surface area contributed by atoms with E-state index in [9.17, 15) is 5.11 Å². The lowest BCUT2D eigenvalue weighted by atomic mass is 10.1. The minimum Gasteiger partial charge on any atom is -0.389 e. The SMILES string of the molecule is CC(O)c1cc(Br)ccc1N(Cc1cccs1)C(C)C. The molecule has 4 heteroatoms. The summed E-state index contributed by atoms with van der Waals surface area (Å²) in [5.41, 5.74) is 2.07. The van der Waals surface area contributed by atoms with E-state index in [0.29, 0.717) is 6.04 Å². The Morgan fingerprint density at radius 1 is 1.25 bits per heavy atom. The van der Waals surface area contributed by atoms with Crippen LogP contribution in [-0.4, -0.2) is 11.1 Å². The van der Waals surface area contributed by atoms with Crippen LogP contribution in [0.4, 0.5) is 5.69 Å². The van der Waals surface area contributed by atoms with E-state index in [-0.39, 0.29) is 0 Å². The van der Waals surface area contributed by atoms with Gasteiger partial charge in [0.15, 0.2) is 0 Å². The zero-order chi connectivity index (χ0) is 14.7. The summed E-state index contributed by atoms with van der Waals surface area (Å²) in [4.78, 5) is 3.67. The molecular weight excluding hydrogens is 334 g/mol. The summed E-state index contributed by atoms with van der Waals surface area (Å²) in [6.45, 7) is 7.05. The van der Waals surface area contributed by atoms with Gasteiger partial charge in [-0.05, 0) is 50.4 Å². The Kier molecular flexibility index (Phi) is 5.24. The molecule has 20 heavy (non-hydrogen) atoms. The quantitative estimate of drug-likeness (QED) is 0.819. The average Bonchev–Trinajstić information content (AvgIpc) is 2.89. The summed E-state index contributed by atoms with van der Waals surface area (Å²) in [6.07, 6.45) is -0.480. The molecule has 0 fully saturated rings. The lowest BCUT2D eigenvalue weighted by Gasteiger charge is -2.31. The Morgan fingerprint density at radius 2 is 2.00 bits per heavy atom. The van der Waals surface area contributed by atoms with Crippen LogP contribution in [0.3, 0.4) is 0 Å². The van der Waals surface area contributed by atoms with E-state index in [1.54, 1.807) is 11.3 Å². The molecule has 0 aliphatic heterocycles. The smallest absolute Gasteiger partial charge is 0.0782 e. The predicted molar refractivity (Wildman–Crippen MR) is 90.4 cm³/mol. The van der Waals surface area contributed by atoms with Crippen molar-refractivity contribution in [3.8, 4) is 0 Å². The molecule has 108 valence electrons. The third-order valence-corrected chi connectivity index (χ3v) is 4.63. The second-order valence-electron chi connectivity index (χ2n) is 5.18. The minimum atomic E-state index is -0.480. The van der Waals surface area contributed by atoms with Crippen molar-refractivity contribution >= 4 is 33.0 Å². The van der Waals surface area contributed by atoms with Crippen LogP contribution in [0.15, 0.2) is 40.2 Å². The van der Waals surface area contributed by atoms with Crippen molar-refractivity contribution in [2.75, 3.05) is 4.90 Å². The molecule has 1 aromatic heterocycles. The van der Waals surface area contributed by atoms with Crippen LogP contribution < -0.4 is 4.90 Å². The highest BCUT2D eigenvalue weighted by atomic mass is 79.9. The fourth-order valence-electron chi connectivity index (χ4n) is 2.24. The minimum absolute atomic E-state index is 0.371. The van der Waals surface area contributed by atoms with Crippen molar-refractivity contribution in [1.82, 2.24) is 0 Å². The number of nitrogens with zero attached hydrogens (tertiary/aromatic N) is 1. The van der Waals surface area contributed by atoms with Crippen molar-refractivity contribution in [1.29, 1.82) is 0 Å². The summed E-state index contributed by atoms with van der Waals surface area (Å²) in [5, 5.41) is 12.1. The summed E-state index contributed by atoms with van der Waals surface area (Å²) in [7, 11) is 0. The van der Waals surface area contributed by atoms with Gasteiger partial charge in [0.05, 0.1) is 12.6 Å². The Labute approximate surface area is 133 Å². The number of halogens is 1. The van der Waals surface area contributed by atoms with Gasteiger partial charge in [-0.15, -0.1) is 11.3 Å². The lowest BCUT2D eigenvalue weighted by Crippen LogP contribution is -2.30. The number of thiophene rings is 1. The van der Waals surface area contributed by atoms with Crippen molar-refractivity contribution in [3.05, 3.63) is 50.6 Å². The first-order chi connectivity index (χ1) is 9.49. The molecule has 0 aliphatic carbocycles. The maximum atomic E-state index is 10.0. The molecule has 2 rings (SSSR count). The molecule has 1 aromatic carbocycles. The first-order valence-corrected chi connectivity index (χ1v) is 8.43. The highest BCUT2D eigenvalue weighted by Gasteiger charge is 2.18. The van der Waals surface area contributed by atoms with Crippen LogP contribution in [0.1, 0.15) is 37.3 Å². The molecule has 1 heterocycles. The number of rotatable bonds is 5. The Hall–Kier alpha value is -0.840. The van der Waals surface area contributed by atoms with Gasteiger partial charge in [-0.1, -0.05) is 22.0 Å². The third-order valence-electron chi connectivity index (χ3n) is 3.28. The van der Waals surface area contributed by atoms with Crippen LogP contribution in [0, 0.1) is 0 Å². The second-order valence-corrected chi connectivity index (χ2v) is 7.13. The first kappa shape index (κ1) is 15.5. The van der Waals surface area contributed by atoms with E-state index in [4.69, 9.17) is 0 Å². The Balaban J connectivity index is 2.38. The number of benzene rings is 1. The molecule has 0 radical (unpaired) electrons. The maximum Gasteiger partial charge on any atom is 0.0782 e. The van der Waals surface area contributed by atoms with Crippen molar-refractivity contribution in [2.24, 2.45) is 0 Å². The number of anilines is 1. The first-order valence-electron chi connectivity index (χ1n) is 6.75. The van der Waals surface area contributed by atoms with Crippen LogP contribution in [0.25, 0.3) is 0 Å². The topological polar surface area (TPSA) is 23.5 Å². The monoisotopic (exact) mass is 353 g/mol. The van der Waals surface area contributed by atoms with Gasteiger partial charge in [0.1, 0.15) is 0 Å². The molecule has 0 spiro atoms. The highest BCUT2D eigenvalue weighted by molar-refractivity contribution is 9.10. The molecule has 0 bridgehead atoms. The highest BCUT2D eigenvalue weighted by Crippen LogP contribution is 2.32. The fraction of sp³-hybridized carbons (Fsp3) is 0.375. The Bertz CT molecular complexity index is 552. The maximum absolute atomic E-state index is 10.0. The van der Waals surface area contributed by atoms with Crippen molar-refractivity contribution in [3.63, 3.8) is 0 Å². The van der Waals surface area contributed by atoms with Gasteiger partial charge in [0.2, 0.25) is 0 Å². The van der Waals surface area contributed by atoms with Crippen LogP contribution >= 0.6 is 27.3 Å². The van der Waals surface area contributed by atoms with E-state index in [1.807, 2.05) is 19.1 Å². The van der Waals surface area contributed by atoms with Crippen LogP contribution in [-0.2, 0) is 6.54 Å². The number of hydrogen-bond acceptors (Lipinski definition) is 3. The van der Waals surface area contributed by atoms with Gasteiger partial charge >= 0.3 is 0 Å². The second kappa shape index (κ2) is 6.74. The molecule has 0 amide bonds. The molecule has 1 N–H and O–H groups in total. The van der Waals surface area contributed by atoms with Gasteiger partial charge < -0.3 is 10.0 Å². The summed E-state index contributed by atoms with van der Waals surface area (Å²) in [5.74, 6) is 0. The molecule has 0 aliphatic rings. The van der Waals surface area contributed by atoms with Gasteiger partial charge in [-0.25, -0.2) is 0 Å². The van der Waals surface area contributed by atoms with Crippen LogP contribution in [0.2, 0.25) is 0 Å². The summed E-state index contributed by atoms with van der Waals surface area (Å²) < 4.78 is 0.997. The van der Waals surface area contributed by atoms with Crippen molar-refractivity contribution < 1.29 is 5.11 Å². The number of hydrogen-bond donors (Lipinski definition) is 1. The molecule has 2 aromatic rings. The molecule has 0 saturated carbocycles. The molecule has 0 saturated heterocycles. The molecular formula is C16H20BrNOS. The van der Waals surface area contributed by atoms with E-state index in [0.717, 1.165) is 22.3 Å². The average molecular weight is 354 g/mol. The predicted octanol–water partition coefficient (Wildman–Crippen LogP) is 4.98. The van der Waals surface area contributed by atoms with Gasteiger partial charge in [0.25, 0.3) is 0 Å². The summed E-state index contributed by atoms with van der Waals surface area (Å²) in [6, 6.07) is 10.7. The lowest BCUT2D eigenvalue weighted by molar-refractivity contribution is 0.199. The normalized spacial score (nSPS) is 12.7. The van der Waals surface area contributed by atoms with E-state index < -0.39 is 6.10 Å².